The Bertz CT molecular complexity index is 602. The normalized spacial score (nSPS) is 20.6. The number of non-ortho nitro benzene ring substituents is 1. The van der Waals surface area contributed by atoms with E-state index in [1.807, 2.05) is 0 Å². The van der Waals surface area contributed by atoms with Crippen LogP contribution in [0.3, 0.4) is 0 Å². The Hall–Kier alpha value is -2.44. The highest BCUT2D eigenvalue weighted by Gasteiger charge is 2.23. The monoisotopic (exact) mass is 320 g/mol. The highest BCUT2D eigenvalue weighted by atomic mass is 16.6. The smallest absolute Gasteiger partial charge is 0.338 e. The van der Waals surface area contributed by atoms with Gasteiger partial charge in [0.25, 0.3) is 11.6 Å². The molecule has 0 bridgehead atoms. The van der Waals surface area contributed by atoms with Crippen LogP contribution in [0.15, 0.2) is 24.3 Å². The first-order valence-corrected chi connectivity index (χ1v) is 7.68. The van der Waals surface area contributed by atoms with E-state index in [0.717, 1.165) is 25.3 Å². The number of benzene rings is 1. The van der Waals surface area contributed by atoms with Gasteiger partial charge in [0.15, 0.2) is 6.61 Å². The Morgan fingerprint density at radius 2 is 2.09 bits per heavy atom. The molecule has 2 atom stereocenters. The van der Waals surface area contributed by atoms with Crippen molar-refractivity contribution in [3.8, 4) is 0 Å². The van der Waals surface area contributed by atoms with Crippen LogP contribution >= 0.6 is 0 Å². The topological polar surface area (TPSA) is 98.5 Å². The minimum atomic E-state index is -0.749. The molecule has 0 saturated heterocycles. The summed E-state index contributed by atoms with van der Waals surface area (Å²) in [4.78, 5) is 33.8. The van der Waals surface area contributed by atoms with E-state index in [-0.39, 0.29) is 29.8 Å². The Labute approximate surface area is 134 Å². The first-order chi connectivity index (χ1) is 11.0. The lowest BCUT2D eigenvalue weighted by molar-refractivity contribution is -0.384. The molecule has 1 aromatic rings. The van der Waals surface area contributed by atoms with Crippen molar-refractivity contribution in [1.29, 1.82) is 0 Å². The molecule has 1 aromatic carbocycles. The molecule has 1 fully saturated rings. The molecule has 0 aliphatic heterocycles. The molecule has 0 heterocycles. The highest BCUT2D eigenvalue weighted by Crippen LogP contribution is 2.23. The highest BCUT2D eigenvalue weighted by molar-refractivity contribution is 5.91. The molecule has 1 aliphatic rings. The Morgan fingerprint density at radius 1 is 1.35 bits per heavy atom. The summed E-state index contributed by atoms with van der Waals surface area (Å²) in [5, 5.41) is 13.6. The number of nitrogens with one attached hydrogen (secondary N) is 1. The summed E-state index contributed by atoms with van der Waals surface area (Å²) in [7, 11) is 0. The molecule has 0 aromatic heterocycles. The second kappa shape index (κ2) is 7.71. The van der Waals surface area contributed by atoms with E-state index in [2.05, 4.69) is 12.2 Å². The molecule has 1 aliphatic carbocycles. The Morgan fingerprint density at radius 3 is 2.78 bits per heavy atom. The van der Waals surface area contributed by atoms with E-state index in [9.17, 15) is 19.7 Å². The van der Waals surface area contributed by atoms with Gasteiger partial charge in [0.05, 0.1) is 10.5 Å². The van der Waals surface area contributed by atoms with Crippen LogP contribution in [0, 0.1) is 16.0 Å². The summed E-state index contributed by atoms with van der Waals surface area (Å²) in [6.45, 7) is 1.71. The van der Waals surface area contributed by atoms with Crippen LogP contribution in [-0.4, -0.2) is 29.4 Å². The van der Waals surface area contributed by atoms with Gasteiger partial charge in [-0.15, -0.1) is 0 Å². The molecule has 2 rings (SSSR count). The molecule has 1 N–H and O–H groups in total. The maximum atomic E-state index is 11.9. The SMILES string of the molecule is C[C@H]1CCCC[C@H]1NC(=O)COC(=O)c1cccc([N+](=O)[O-])c1. The van der Waals surface area contributed by atoms with Gasteiger partial charge in [0.2, 0.25) is 0 Å². The number of hydrogen-bond acceptors (Lipinski definition) is 5. The fourth-order valence-corrected chi connectivity index (χ4v) is 2.74. The minimum absolute atomic E-state index is 0.0537. The summed E-state index contributed by atoms with van der Waals surface area (Å²) >= 11 is 0. The molecule has 7 heteroatoms. The first kappa shape index (κ1) is 16.9. The number of ether oxygens (including phenoxy) is 1. The summed E-state index contributed by atoms with van der Waals surface area (Å²) < 4.78 is 4.93. The molecular weight excluding hydrogens is 300 g/mol. The van der Waals surface area contributed by atoms with Crippen LogP contribution in [0.4, 0.5) is 5.69 Å². The van der Waals surface area contributed by atoms with E-state index in [0.29, 0.717) is 5.92 Å². The van der Waals surface area contributed by atoms with Gasteiger partial charge in [0.1, 0.15) is 0 Å². The molecule has 23 heavy (non-hydrogen) atoms. The zero-order valence-corrected chi connectivity index (χ0v) is 13.0. The lowest BCUT2D eigenvalue weighted by Crippen LogP contribution is -2.42. The van der Waals surface area contributed by atoms with Crippen LogP contribution in [0.25, 0.3) is 0 Å². The van der Waals surface area contributed by atoms with E-state index in [4.69, 9.17) is 4.74 Å². The maximum absolute atomic E-state index is 11.9. The number of rotatable bonds is 5. The van der Waals surface area contributed by atoms with Crippen LogP contribution in [-0.2, 0) is 9.53 Å². The number of nitrogens with zero attached hydrogens (tertiary/aromatic N) is 1. The summed E-state index contributed by atoms with van der Waals surface area (Å²) in [5.41, 5.74) is -0.141. The van der Waals surface area contributed by atoms with Crippen LogP contribution < -0.4 is 5.32 Å². The van der Waals surface area contributed by atoms with E-state index in [1.54, 1.807) is 0 Å². The number of esters is 1. The van der Waals surface area contributed by atoms with Crippen molar-refractivity contribution in [1.82, 2.24) is 5.32 Å². The largest absolute Gasteiger partial charge is 0.452 e. The lowest BCUT2D eigenvalue weighted by atomic mass is 9.86. The molecule has 1 saturated carbocycles. The summed E-state index contributed by atoms with van der Waals surface area (Å²) in [6, 6.07) is 5.35. The van der Waals surface area contributed by atoms with Gasteiger partial charge in [-0.1, -0.05) is 25.8 Å². The second-order valence-electron chi connectivity index (χ2n) is 5.82. The average Bonchev–Trinajstić information content (AvgIpc) is 2.55. The standard InChI is InChI=1S/C16H20N2O5/c1-11-5-2-3-8-14(11)17-15(19)10-23-16(20)12-6-4-7-13(9-12)18(21)22/h4,6-7,9,11,14H,2-3,5,8,10H2,1H3,(H,17,19)/t11-,14+/m0/s1. The lowest BCUT2D eigenvalue weighted by Gasteiger charge is -2.29. The predicted molar refractivity (Wildman–Crippen MR) is 82.9 cm³/mol. The number of hydrogen-bond donors (Lipinski definition) is 1. The number of nitro benzene ring substituents is 1. The fraction of sp³-hybridized carbons (Fsp3) is 0.500. The third-order valence-electron chi connectivity index (χ3n) is 4.08. The number of amides is 1. The fourth-order valence-electron chi connectivity index (χ4n) is 2.74. The average molecular weight is 320 g/mol. The maximum Gasteiger partial charge on any atom is 0.338 e. The van der Waals surface area contributed by atoms with Crippen molar-refractivity contribution in [2.45, 2.75) is 38.6 Å². The van der Waals surface area contributed by atoms with Crippen molar-refractivity contribution in [3.05, 3.63) is 39.9 Å². The minimum Gasteiger partial charge on any atom is -0.452 e. The van der Waals surface area contributed by atoms with Gasteiger partial charge in [-0.05, 0) is 24.8 Å². The number of nitro groups is 1. The Kier molecular flexibility index (Phi) is 5.67. The van der Waals surface area contributed by atoms with Crippen molar-refractivity contribution >= 4 is 17.6 Å². The van der Waals surface area contributed by atoms with Crippen LogP contribution in [0.1, 0.15) is 43.0 Å². The Balaban J connectivity index is 1.85. The van der Waals surface area contributed by atoms with Crippen molar-refractivity contribution < 1.29 is 19.2 Å². The zero-order chi connectivity index (χ0) is 16.8. The second-order valence-corrected chi connectivity index (χ2v) is 5.82. The summed E-state index contributed by atoms with van der Waals surface area (Å²) in [6.07, 6.45) is 4.28. The third-order valence-corrected chi connectivity index (χ3v) is 4.08. The number of carbonyl (C=O) groups excluding carboxylic acids is 2. The predicted octanol–water partition coefficient (Wildman–Crippen LogP) is 2.45. The van der Waals surface area contributed by atoms with Gasteiger partial charge in [-0.3, -0.25) is 14.9 Å². The van der Waals surface area contributed by atoms with E-state index in [1.165, 1.54) is 24.6 Å². The van der Waals surface area contributed by atoms with Crippen molar-refractivity contribution in [3.63, 3.8) is 0 Å². The first-order valence-electron chi connectivity index (χ1n) is 7.68. The molecule has 7 nitrogen and oxygen atoms in total. The molecule has 1 amide bonds. The third kappa shape index (κ3) is 4.77. The summed E-state index contributed by atoms with van der Waals surface area (Å²) in [5.74, 6) is -0.678. The van der Waals surface area contributed by atoms with Gasteiger partial charge in [-0.2, -0.15) is 0 Å². The van der Waals surface area contributed by atoms with E-state index < -0.39 is 10.9 Å². The molecule has 0 radical (unpaired) electrons. The van der Waals surface area contributed by atoms with Gasteiger partial charge in [0, 0.05) is 18.2 Å². The number of carbonyl (C=O) groups is 2. The quantitative estimate of drug-likeness (QED) is 0.510. The van der Waals surface area contributed by atoms with Crippen LogP contribution in [0.2, 0.25) is 0 Å². The molecular formula is C16H20N2O5. The van der Waals surface area contributed by atoms with Gasteiger partial charge >= 0.3 is 5.97 Å². The van der Waals surface area contributed by atoms with Crippen LogP contribution in [0.5, 0.6) is 0 Å². The van der Waals surface area contributed by atoms with Crippen molar-refractivity contribution in [2.75, 3.05) is 6.61 Å². The molecule has 0 spiro atoms. The van der Waals surface area contributed by atoms with E-state index >= 15 is 0 Å². The van der Waals surface area contributed by atoms with Gasteiger partial charge < -0.3 is 10.1 Å². The zero-order valence-electron chi connectivity index (χ0n) is 13.0. The van der Waals surface area contributed by atoms with Gasteiger partial charge in [-0.25, -0.2) is 4.79 Å². The molecule has 124 valence electrons. The molecule has 0 unspecified atom stereocenters. The van der Waals surface area contributed by atoms with Crippen molar-refractivity contribution in [2.24, 2.45) is 5.92 Å².